The van der Waals surface area contributed by atoms with E-state index >= 15 is 0 Å². The summed E-state index contributed by atoms with van der Waals surface area (Å²) in [6.45, 7) is 6.07. The fourth-order valence-electron chi connectivity index (χ4n) is 3.34. The van der Waals surface area contributed by atoms with E-state index in [0.29, 0.717) is 23.0 Å². The summed E-state index contributed by atoms with van der Waals surface area (Å²) in [6.07, 6.45) is 2.45. The molecule has 0 bridgehead atoms. The third kappa shape index (κ3) is 4.84. The normalized spacial score (nSPS) is 21.4. The van der Waals surface area contributed by atoms with Gasteiger partial charge < -0.3 is 10.2 Å². The van der Waals surface area contributed by atoms with Gasteiger partial charge in [-0.05, 0) is 56.1 Å². The number of hydrogen-bond donors (Lipinski definition) is 1. The molecule has 0 radical (unpaired) electrons. The highest BCUT2D eigenvalue weighted by molar-refractivity contribution is 7.89. The third-order valence-corrected chi connectivity index (χ3v) is 6.92. The summed E-state index contributed by atoms with van der Waals surface area (Å²) < 4.78 is 26.9. The highest BCUT2D eigenvalue weighted by atomic mass is 35.5. The zero-order chi connectivity index (χ0) is 16.3. The predicted octanol–water partition coefficient (Wildman–Crippen LogP) is 2.07. The largest absolute Gasteiger partial charge is 0.317 e. The number of benzene rings is 1. The molecule has 1 aromatic rings. The van der Waals surface area contributed by atoms with Gasteiger partial charge in [0.2, 0.25) is 10.0 Å². The van der Waals surface area contributed by atoms with Crippen molar-refractivity contribution in [3.05, 3.63) is 29.3 Å². The second kappa shape index (κ2) is 8.83. The minimum atomic E-state index is -3.40. The van der Waals surface area contributed by atoms with Crippen molar-refractivity contribution in [1.82, 2.24) is 14.5 Å². The Hall–Kier alpha value is -0.370. The van der Waals surface area contributed by atoms with E-state index in [1.165, 1.54) is 12.8 Å². The molecule has 2 heterocycles. The summed E-state index contributed by atoms with van der Waals surface area (Å²) >= 11 is 5.84. The molecule has 0 spiro atoms. The van der Waals surface area contributed by atoms with E-state index in [1.54, 1.807) is 28.6 Å². The maximum Gasteiger partial charge on any atom is 0.243 e. The van der Waals surface area contributed by atoms with Gasteiger partial charge in [-0.15, -0.1) is 12.4 Å². The van der Waals surface area contributed by atoms with E-state index < -0.39 is 10.0 Å². The van der Waals surface area contributed by atoms with Crippen LogP contribution in [0.25, 0.3) is 0 Å². The molecular formula is C16H25Cl2N3O2S. The van der Waals surface area contributed by atoms with E-state index in [0.717, 1.165) is 38.6 Å². The van der Waals surface area contributed by atoms with Crippen molar-refractivity contribution in [3.8, 4) is 0 Å². The number of hydrogen-bond acceptors (Lipinski definition) is 4. The van der Waals surface area contributed by atoms with E-state index in [1.807, 2.05) is 0 Å². The fourth-order valence-corrected chi connectivity index (χ4v) is 4.89. The van der Waals surface area contributed by atoms with Crippen LogP contribution in [0.5, 0.6) is 0 Å². The molecule has 3 rings (SSSR count). The first-order chi connectivity index (χ1) is 11.1. The minimum absolute atomic E-state index is 0. The van der Waals surface area contributed by atoms with Crippen molar-refractivity contribution >= 4 is 34.0 Å². The molecule has 0 aromatic heterocycles. The Morgan fingerprint density at radius 2 is 1.62 bits per heavy atom. The van der Waals surface area contributed by atoms with Gasteiger partial charge in [-0.25, -0.2) is 8.42 Å². The summed E-state index contributed by atoms with van der Waals surface area (Å²) in [6, 6.07) is 6.42. The molecule has 0 aliphatic carbocycles. The molecule has 0 saturated carbocycles. The Labute approximate surface area is 155 Å². The van der Waals surface area contributed by atoms with Gasteiger partial charge in [0, 0.05) is 37.7 Å². The van der Waals surface area contributed by atoms with Crippen LogP contribution in [0, 0.1) is 5.92 Å². The predicted molar refractivity (Wildman–Crippen MR) is 99.5 cm³/mol. The Balaban J connectivity index is 0.00000208. The van der Waals surface area contributed by atoms with Crippen LogP contribution in [0.15, 0.2) is 29.2 Å². The molecule has 0 unspecified atom stereocenters. The Morgan fingerprint density at radius 1 is 1.04 bits per heavy atom. The monoisotopic (exact) mass is 393 g/mol. The minimum Gasteiger partial charge on any atom is -0.317 e. The number of nitrogens with zero attached hydrogens (tertiary/aromatic N) is 2. The first kappa shape index (κ1) is 19.9. The molecule has 0 atom stereocenters. The molecule has 136 valence electrons. The van der Waals surface area contributed by atoms with Gasteiger partial charge in [0.25, 0.3) is 0 Å². The summed E-state index contributed by atoms with van der Waals surface area (Å²) in [5, 5.41) is 3.94. The van der Waals surface area contributed by atoms with Gasteiger partial charge in [0.1, 0.15) is 0 Å². The lowest BCUT2D eigenvalue weighted by Gasteiger charge is -2.36. The van der Waals surface area contributed by atoms with E-state index in [9.17, 15) is 8.42 Å². The van der Waals surface area contributed by atoms with Crippen LogP contribution in [0.4, 0.5) is 0 Å². The second-order valence-corrected chi connectivity index (χ2v) is 8.73. The number of sulfonamides is 1. The molecule has 2 fully saturated rings. The maximum absolute atomic E-state index is 12.7. The number of piperazine rings is 1. The molecule has 0 amide bonds. The number of rotatable bonds is 4. The average molecular weight is 394 g/mol. The molecule has 24 heavy (non-hydrogen) atoms. The van der Waals surface area contributed by atoms with Gasteiger partial charge in [0.15, 0.2) is 0 Å². The Bertz CT molecular complexity index is 611. The van der Waals surface area contributed by atoms with Crippen molar-refractivity contribution in [3.63, 3.8) is 0 Å². The van der Waals surface area contributed by atoms with Crippen LogP contribution in [0.2, 0.25) is 5.02 Å². The van der Waals surface area contributed by atoms with Crippen molar-refractivity contribution in [2.75, 3.05) is 45.8 Å². The highest BCUT2D eigenvalue weighted by Crippen LogP contribution is 2.21. The Morgan fingerprint density at radius 3 is 2.21 bits per heavy atom. The van der Waals surface area contributed by atoms with Crippen molar-refractivity contribution in [1.29, 1.82) is 0 Å². The lowest BCUT2D eigenvalue weighted by Crippen LogP contribution is -2.50. The number of piperidine rings is 1. The van der Waals surface area contributed by atoms with Gasteiger partial charge in [0.05, 0.1) is 4.90 Å². The average Bonchev–Trinajstić information content (AvgIpc) is 2.57. The topological polar surface area (TPSA) is 52.7 Å². The summed E-state index contributed by atoms with van der Waals surface area (Å²) in [5.74, 6) is 0.746. The molecule has 2 saturated heterocycles. The quantitative estimate of drug-likeness (QED) is 0.850. The third-order valence-electron chi connectivity index (χ3n) is 4.76. The highest BCUT2D eigenvalue weighted by Gasteiger charge is 2.29. The zero-order valence-electron chi connectivity index (χ0n) is 13.7. The van der Waals surface area contributed by atoms with E-state index in [4.69, 9.17) is 11.6 Å². The lowest BCUT2D eigenvalue weighted by atomic mass is 9.97. The molecule has 5 nitrogen and oxygen atoms in total. The smallest absolute Gasteiger partial charge is 0.243 e. The van der Waals surface area contributed by atoms with E-state index in [2.05, 4.69) is 10.2 Å². The van der Waals surface area contributed by atoms with Crippen molar-refractivity contribution in [2.45, 2.75) is 17.7 Å². The zero-order valence-corrected chi connectivity index (χ0v) is 16.0. The van der Waals surface area contributed by atoms with Crippen LogP contribution in [-0.2, 0) is 10.0 Å². The summed E-state index contributed by atoms with van der Waals surface area (Å²) in [4.78, 5) is 2.73. The molecule has 8 heteroatoms. The molecule has 1 aromatic carbocycles. The summed E-state index contributed by atoms with van der Waals surface area (Å²) in [7, 11) is -3.40. The van der Waals surface area contributed by atoms with Crippen LogP contribution in [0.1, 0.15) is 12.8 Å². The van der Waals surface area contributed by atoms with Crippen LogP contribution < -0.4 is 5.32 Å². The van der Waals surface area contributed by atoms with Gasteiger partial charge >= 0.3 is 0 Å². The standard InChI is InChI=1S/C16H24ClN3O2S.ClH/c17-15-1-3-16(4-2-15)23(21,22)20-11-9-19(10-12-20)13-14-5-7-18-8-6-14;/h1-4,14,18H,5-13H2;1H. The molecular weight excluding hydrogens is 369 g/mol. The second-order valence-electron chi connectivity index (χ2n) is 6.35. The fraction of sp³-hybridized carbons (Fsp3) is 0.625. The SMILES string of the molecule is Cl.O=S(=O)(c1ccc(Cl)cc1)N1CCN(CC2CCNCC2)CC1. The maximum atomic E-state index is 12.7. The first-order valence-electron chi connectivity index (χ1n) is 8.24. The van der Waals surface area contributed by atoms with E-state index in [-0.39, 0.29) is 12.4 Å². The van der Waals surface area contributed by atoms with Crippen LogP contribution in [0.3, 0.4) is 0 Å². The number of halogens is 2. The van der Waals surface area contributed by atoms with Gasteiger partial charge in [-0.2, -0.15) is 4.31 Å². The first-order valence-corrected chi connectivity index (χ1v) is 10.1. The number of nitrogens with one attached hydrogen (secondary N) is 1. The van der Waals surface area contributed by atoms with Gasteiger partial charge in [-0.3, -0.25) is 0 Å². The van der Waals surface area contributed by atoms with Crippen LogP contribution >= 0.6 is 24.0 Å². The lowest BCUT2D eigenvalue weighted by molar-refractivity contribution is 0.152. The van der Waals surface area contributed by atoms with Crippen molar-refractivity contribution < 1.29 is 8.42 Å². The summed E-state index contributed by atoms with van der Waals surface area (Å²) in [5.41, 5.74) is 0. The van der Waals surface area contributed by atoms with Crippen molar-refractivity contribution in [2.24, 2.45) is 5.92 Å². The Kier molecular flexibility index (Phi) is 7.34. The molecule has 1 N–H and O–H groups in total. The molecule has 2 aliphatic heterocycles. The van der Waals surface area contributed by atoms with Crippen LogP contribution in [-0.4, -0.2) is 63.4 Å². The molecule has 2 aliphatic rings. The van der Waals surface area contributed by atoms with Gasteiger partial charge in [-0.1, -0.05) is 11.6 Å².